The van der Waals surface area contributed by atoms with Gasteiger partial charge in [0.15, 0.2) is 0 Å². The molecule has 1 amide bonds. The molecule has 1 atom stereocenters. The number of carbonyl (C=O) groups excluding carboxylic acids is 1. The summed E-state index contributed by atoms with van der Waals surface area (Å²) in [5.74, 6) is -1.14. The molecule has 2 rings (SSSR count). The number of aliphatic carboxylic acids is 1. The van der Waals surface area contributed by atoms with Crippen LogP contribution in [0, 0.1) is 6.92 Å². The van der Waals surface area contributed by atoms with E-state index in [1.807, 2.05) is 6.92 Å². The third kappa shape index (κ3) is 2.11. The summed E-state index contributed by atoms with van der Waals surface area (Å²) in [7, 11) is 0. The van der Waals surface area contributed by atoms with Crippen molar-refractivity contribution in [3.05, 3.63) is 17.5 Å². The number of hydrogen-bond acceptors (Lipinski definition) is 3. The van der Waals surface area contributed by atoms with E-state index in [0.29, 0.717) is 30.6 Å². The molecule has 2 N–H and O–H groups in total. The highest BCUT2D eigenvalue weighted by Gasteiger charge is 2.49. The fourth-order valence-corrected chi connectivity index (χ4v) is 2.89. The Morgan fingerprint density at radius 3 is 2.84 bits per heavy atom. The number of hydrogen-bond donors (Lipinski definition) is 2. The Bertz CT molecular complexity index is 497. The molecule has 1 unspecified atom stereocenters. The summed E-state index contributed by atoms with van der Waals surface area (Å²) >= 11 is 0. The smallest absolute Gasteiger partial charge is 0.329 e. The van der Waals surface area contributed by atoms with E-state index in [4.69, 9.17) is 0 Å². The second kappa shape index (κ2) is 5.03. The Morgan fingerprint density at radius 1 is 1.58 bits per heavy atom. The zero-order valence-electron chi connectivity index (χ0n) is 11.3. The van der Waals surface area contributed by atoms with Crippen LogP contribution in [0.4, 0.5) is 0 Å². The van der Waals surface area contributed by atoms with E-state index in [9.17, 15) is 14.7 Å². The molecule has 0 spiro atoms. The van der Waals surface area contributed by atoms with Crippen LogP contribution in [0.1, 0.15) is 48.7 Å². The predicted octanol–water partition coefficient (Wildman–Crippen LogP) is 1.58. The van der Waals surface area contributed by atoms with Crippen molar-refractivity contribution in [3.8, 4) is 0 Å². The highest BCUT2D eigenvalue weighted by molar-refractivity contribution is 5.98. The van der Waals surface area contributed by atoms with Crippen LogP contribution in [0.3, 0.4) is 0 Å². The minimum absolute atomic E-state index is 0.236. The summed E-state index contributed by atoms with van der Waals surface area (Å²) in [4.78, 5) is 25.7. The summed E-state index contributed by atoms with van der Waals surface area (Å²) in [5, 5.41) is 16.1. The molecule has 19 heavy (non-hydrogen) atoms. The highest BCUT2D eigenvalue weighted by Crippen LogP contribution is 2.35. The van der Waals surface area contributed by atoms with Crippen molar-refractivity contribution < 1.29 is 14.7 Å². The SMILES string of the molecule is CCCC1(C(=O)O)CCCN1C(=O)c1cn[nH]c1C. The van der Waals surface area contributed by atoms with E-state index in [-0.39, 0.29) is 5.91 Å². The van der Waals surface area contributed by atoms with Crippen molar-refractivity contribution in [3.63, 3.8) is 0 Å². The molecule has 1 aliphatic rings. The first-order chi connectivity index (χ1) is 9.03. The van der Waals surface area contributed by atoms with Crippen LogP contribution >= 0.6 is 0 Å². The van der Waals surface area contributed by atoms with Gasteiger partial charge >= 0.3 is 5.97 Å². The van der Waals surface area contributed by atoms with Crippen LogP contribution in [-0.2, 0) is 4.79 Å². The van der Waals surface area contributed by atoms with Crippen molar-refractivity contribution in [2.24, 2.45) is 0 Å². The van der Waals surface area contributed by atoms with Crippen molar-refractivity contribution in [1.82, 2.24) is 15.1 Å². The number of rotatable bonds is 4. The number of amides is 1. The maximum atomic E-state index is 12.5. The Balaban J connectivity index is 2.35. The second-order valence-corrected chi connectivity index (χ2v) is 5.06. The quantitative estimate of drug-likeness (QED) is 0.865. The van der Waals surface area contributed by atoms with E-state index in [1.54, 1.807) is 6.92 Å². The molecule has 104 valence electrons. The lowest BCUT2D eigenvalue weighted by atomic mass is 9.90. The van der Waals surface area contributed by atoms with Gasteiger partial charge in [0, 0.05) is 12.2 Å². The number of nitrogens with zero attached hydrogens (tertiary/aromatic N) is 2. The van der Waals surface area contributed by atoms with Gasteiger partial charge in [-0.1, -0.05) is 13.3 Å². The van der Waals surface area contributed by atoms with E-state index in [1.165, 1.54) is 11.1 Å². The third-order valence-corrected chi connectivity index (χ3v) is 3.86. The Labute approximate surface area is 111 Å². The van der Waals surface area contributed by atoms with Crippen LogP contribution in [0.5, 0.6) is 0 Å². The van der Waals surface area contributed by atoms with Gasteiger partial charge < -0.3 is 10.0 Å². The first-order valence-electron chi connectivity index (χ1n) is 6.58. The van der Waals surface area contributed by atoms with E-state index in [2.05, 4.69) is 10.2 Å². The molecule has 1 aromatic rings. The number of likely N-dealkylation sites (tertiary alicyclic amines) is 1. The van der Waals surface area contributed by atoms with Gasteiger partial charge in [-0.15, -0.1) is 0 Å². The number of carboxylic acid groups (broad SMARTS) is 1. The standard InChI is InChI=1S/C13H19N3O3/c1-3-5-13(12(18)19)6-4-7-16(13)11(17)10-8-14-15-9(10)2/h8H,3-7H2,1-2H3,(H,14,15)(H,18,19). The Hall–Kier alpha value is -1.85. The van der Waals surface area contributed by atoms with Gasteiger partial charge in [-0.05, 0) is 26.2 Å². The molecule has 1 saturated heterocycles. The largest absolute Gasteiger partial charge is 0.479 e. The monoisotopic (exact) mass is 265 g/mol. The molecule has 0 aliphatic carbocycles. The zero-order chi connectivity index (χ0) is 14.0. The minimum Gasteiger partial charge on any atom is -0.479 e. The highest BCUT2D eigenvalue weighted by atomic mass is 16.4. The summed E-state index contributed by atoms with van der Waals surface area (Å²) < 4.78 is 0. The van der Waals surface area contributed by atoms with Crippen molar-refractivity contribution in [1.29, 1.82) is 0 Å². The number of nitrogens with one attached hydrogen (secondary N) is 1. The van der Waals surface area contributed by atoms with Crippen LogP contribution in [0.2, 0.25) is 0 Å². The number of aromatic amines is 1. The van der Waals surface area contributed by atoms with Gasteiger partial charge in [-0.25, -0.2) is 4.79 Å². The summed E-state index contributed by atoms with van der Waals surface area (Å²) in [6.07, 6.45) is 3.95. The lowest BCUT2D eigenvalue weighted by molar-refractivity contribution is -0.148. The Kier molecular flexibility index (Phi) is 3.59. The molecule has 0 radical (unpaired) electrons. The molecule has 1 aromatic heterocycles. The van der Waals surface area contributed by atoms with Gasteiger partial charge in [0.25, 0.3) is 5.91 Å². The number of H-pyrrole nitrogens is 1. The number of aromatic nitrogens is 2. The predicted molar refractivity (Wildman–Crippen MR) is 68.9 cm³/mol. The Morgan fingerprint density at radius 2 is 2.32 bits per heavy atom. The normalized spacial score (nSPS) is 22.7. The molecule has 0 saturated carbocycles. The molecule has 2 heterocycles. The first kappa shape index (κ1) is 13.6. The molecule has 1 aliphatic heterocycles. The van der Waals surface area contributed by atoms with Gasteiger partial charge in [0.2, 0.25) is 0 Å². The van der Waals surface area contributed by atoms with Crippen molar-refractivity contribution in [2.45, 2.75) is 45.1 Å². The number of carboxylic acids is 1. The van der Waals surface area contributed by atoms with Crippen molar-refractivity contribution >= 4 is 11.9 Å². The maximum absolute atomic E-state index is 12.5. The summed E-state index contributed by atoms with van der Waals surface area (Å²) in [5.41, 5.74) is 0.0894. The van der Waals surface area contributed by atoms with Gasteiger partial charge in [0.05, 0.1) is 11.8 Å². The van der Waals surface area contributed by atoms with Gasteiger partial charge in [-0.3, -0.25) is 9.89 Å². The fourth-order valence-electron chi connectivity index (χ4n) is 2.89. The second-order valence-electron chi connectivity index (χ2n) is 5.06. The third-order valence-electron chi connectivity index (χ3n) is 3.86. The fraction of sp³-hybridized carbons (Fsp3) is 0.615. The van der Waals surface area contributed by atoms with Crippen LogP contribution < -0.4 is 0 Å². The average molecular weight is 265 g/mol. The molecular weight excluding hydrogens is 246 g/mol. The lowest BCUT2D eigenvalue weighted by Crippen LogP contribution is -2.53. The first-order valence-corrected chi connectivity index (χ1v) is 6.58. The van der Waals surface area contributed by atoms with Crippen LogP contribution in [0.15, 0.2) is 6.20 Å². The summed E-state index contributed by atoms with van der Waals surface area (Å²) in [6, 6.07) is 0. The van der Waals surface area contributed by atoms with Crippen molar-refractivity contribution in [2.75, 3.05) is 6.54 Å². The van der Waals surface area contributed by atoms with Crippen LogP contribution in [-0.4, -0.2) is 44.2 Å². The number of carbonyl (C=O) groups is 2. The molecular formula is C13H19N3O3. The molecule has 6 heteroatoms. The molecule has 1 fully saturated rings. The number of aryl methyl sites for hydroxylation is 1. The minimum atomic E-state index is -1.05. The van der Waals surface area contributed by atoms with E-state index in [0.717, 1.165) is 12.8 Å². The topological polar surface area (TPSA) is 86.3 Å². The van der Waals surface area contributed by atoms with E-state index >= 15 is 0 Å². The van der Waals surface area contributed by atoms with Gasteiger partial charge in [0.1, 0.15) is 5.54 Å². The molecule has 0 bridgehead atoms. The van der Waals surface area contributed by atoms with E-state index < -0.39 is 11.5 Å². The van der Waals surface area contributed by atoms with Gasteiger partial charge in [-0.2, -0.15) is 5.10 Å². The lowest BCUT2D eigenvalue weighted by Gasteiger charge is -2.34. The maximum Gasteiger partial charge on any atom is 0.329 e. The molecule has 0 aromatic carbocycles. The molecule has 6 nitrogen and oxygen atoms in total. The zero-order valence-corrected chi connectivity index (χ0v) is 11.3. The van der Waals surface area contributed by atoms with Crippen LogP contribution in [0.25, 0.3) is 0 Å². The average Bonchev–Trinajstić information content (AvgIpc) is 2.96. The summed E-state index contributed by atoms with van der Waals surface area (Å²) in [6.45, 7) is 4.20.